The van der Waals surface area contributed by atoms with Gasteiger partial charge in [-0.2, -0.15) is 0 Å². The number of imide groups is 1. The zero-order valence-electron chi connectivity index (χ0n) is 7.76. The molecule has 0 radical (unpaired) electrons. The third-order valence-electron chi connectivity index (χ3n) is 2.69. The Morgan fingerprint density at radius 1 is 1.33 bits per heavy atom. The second kappa shape index (κ2) is 3.25. The molecule has 0 bridgehead atoms. The summed E-state index contributed by atoms with van der Waals surface area (Å²) in [5.41, 5.74) is 0. The van der Waals surface area contributed by atoms with Gasteiger partial charge in [0.25, 0.3) is 0 Å². The van der Waals surface area contributed by atoms with Crippen LogP contribution in [0.2, 0.25) is 0 Å². The predicted molar refractivity (Wildman–Crippen MR) is 45.3 cm³/mol. The van der Waals surface area contributed by atoms with Crippen molar-refractivity contribution in [1.82, 2.24) is 5.32 Å². The summed E-state index contributed by atoms with van der Waals surface area (Å²) in [6, 6.07) is 0. The second-order valence-corrected chi connectivity index (χ2v) is 3.83. The molecule has 12 heavy (non-hydrogen) atoms. The van der Waals surface area contributed by atoms with Crippen molar-refractivity contribution in [1.29, 1.82) is 0 Å². The molecule has 0 aliphatic carbocycles. The molecule has 3 nitrogen and oxygen atoms in total. The highest BCUT2D eigenvalue weighted by Crippen LogP contribution is 2.26. The fourth-order valence-corrected chi connectivity index (χ4v) is 1.46. The fourth-order valence-electron chi connectivity index (χ4n) is 1.46. The van der Waals surface area contributed by atoms with Crippen LogP contribution in [0.15, 0.2) is 0 Å². The molecule has 2 atom stereocenters. The van der Waals surface area contributed by atoms with Gasteiger partial charge in [0, 0.05) is 12.3 Å². The Labute approximate surface area is 72.5 Å². The van der Waals surface area contributed by atoms with E-state index >= 15 is 0 Å². The summed E-state index contributed by atoms with van der Waals surface area (Å²) in [7, 11) is 0. The van der Waals surface area contributed by atoms with Crippen LogP contribution in [0, 0.1) is 17.8 Å². The van der Waals surface area contributed by atoms with Gasteiger partial charge in [-0.1, -0.05) is 20.8 Å². The van der Waals surface area contributed by atoms with Gasteiger partial charge in [-0.15, -0.1) is 0 Å². The summed E-state index contributed by atoms with van der Waals surface area (Å²) in [5.74, 6) is 0.416. The first-order valence-electron chi connectivity index (χ1n) is 4.36. The summed E-state index contributed by atoms with van der Waals surface area (Å²) in [4.78, 5) is 22.1. The van der Waals surface area contributed by atoms with E-state index in [1.165, 1.54) is 0 Å². The van der Waals surface area contributed by atoms with Gasteiger partial charge in [-0.25, -0.2) is 0 Å². The lowest BCUT2D eigenvalue weighted by molar-refractivity contribution is -0.126. The van der Waals surface area contributed by atoms with Crippen molar-refractivity contribution in [2.45, 2.75) is 27.2 Å². The normalized spacial score (nSPS) is 26.2. The van der Waals surface area contributed by atoms with Crippen LogP contribution in [-0.2, 0) is 9.59 Å². The predicted octanol–water partition coefficient (Wildman–Crippen LogP) is 0.941. The molecule has 1 rings (SSSR count). The zero-order valence-corrected chi connectivity index (χ0v) is 7.76. The van der Waals surface area contributed by atoms with E-state index in [1.54, 1.807) is 0 Å². The lowest BCUT2D eigenvalue weighted by Gasteiger charge is -2.19. The van der Waals surface area contributed by atoms with Gasteiger partial charge in [0.05, 0.1) is 0 Å². The minimum absolute atomic E-state index is 0.0961. The molecule has 0 aromatic carbocycles. The lowest BCUT2D eigenvalue weighted by Crippen LogP contribution is -2.27. The molecule has 0 spiro atoms. The van der Waals surface area contributed by atoms with Crippen molar-refractivity contribution in [3.05, 3.63) is 0 Å². The molecular weight excluding hydrogens is 154 g/mol. The SMILES string of the molecule is CC(C)C(C)C1CC(=O)NC1=O. The average molecular weight is 169 g/mol. The molecular formula is C9H15NO2. The molecule has 3 heteroatoms. The van der Waals surface area contributed by atoms with Crippen LogP contribution in [-0.4, -0.2) is 11.8 Å². The maximum atomic E-state index is 11.2. The number of rotatable bonds is 2. The van der Waals surface area contributed by atoms with Gasteiger partial charge in [0.2, 0.25) is 11.8 Å². The highest BCUT2D eigenvalue weighted by Gasteiger charge is 2.35. The fraction of sp³-hybridized carbons (Fsp3) is 0.778. The summed E-state index contributed by atoms with van der Waals surface area (Å²) >= 11 is 0. The molecule has 0 aromatic rings. The number of hydrogen-bond donors (Lipinski definition) is 1. The van der Waals surface area contributed by atoms with Crippen molar-refractivity contribution < 1.29 is 9.59 Å². The summed E-state index contributed by atoms with van der Waals surface area (Å²) < 4.78 is 0. The van der Waals surface area contributed by atoms with Gasteiger partial charge in [-0.05, 0) is 11.8 Å². The van der Waals surface area contributed by atoms with E-state index in [0.29, 0.717) is 12.3 Å². The quantitative estimate of drug-likeness (QED) is 0.625. The molecule has 1 saturated heterocycles. The number of nitrogens with one attached hydrogen (secondary N) is 1. The smallest absolute Gasteiger partial charge is 0.230 e. The van der Waals surface area contributed by atoms with E-state index < -0.39 is 0 Å². The van der Waals surface area contributed by atoms with Crippen molar-refractivity contribution in [3.63, 3.8) is 0 Å². The summed E-state index contributed by atoms with van der Waals surface area (Å²) in [6.07, 6.45) is 0.373. The summed E-state index contributed by atoms with van der Waals surface area (Å²) in [5, 5.41) is 2.32. The van der Waals surface area contributed by atoms with E-state index in [4.69, 9.17) is 0 Å². The molecule has 0 aromatic heterocycles. The first kappa shape index (κ1) is 9.23. The van der Waals surface area contributed by atoms with Crippen molar-refractivity contribution in [3.8, 4) is 0 Å². The molecule has 1 aliphatic rings. The van der Waals surface area contributed by atoms with E-state index in [2.05, 4.69) is 19.2 Å². The molecule has 1 N–H and O–H groups in total. The van der Waals surface area contributed by atoms with Gasteiger partial charge >= 0.3 is 0 Å². The van der Waals surface area contributed by atoms with E-state index in [-0.39, 0.29) is 23.7 Å². The van der Waals surface area contributed by atoms with E-state index in [0.717, 1.165) is 0 Å². The largest absolute Gasteiger partial charge is 0.296 e. The van der Waals surface area contributed by atoms with Gasteiger partial charge < -0.3 is 0 Å². The molecule has 2 unspecified atom stereocenters. The van der Waals surface area contributed by atoms with Gasteiger partial charge in [0.15, 0.2) is 0 Å². The van der Waals surface area contributed by atoms with Crippen LogP contribution < -0.4 is 5.32 Å². The number of carbonyl (C=O) groups is 2. The Morgan fingerprint density at radius 2 is 1.92 bits per heavy atom. The summed E-state index contributed by atoms with van der Waals surface area (Å²) in [6.45, 7) is 6.16. The first-order chi connectivity index (χ1) is 5.52. The molecule has 1 fully saturated rings. The molecule has 68 valence electrons. The second-order valence-electron chi connectivity index (χ2n) is 3.83. The molecule has 2 amide bonds. The lowest BCUT2D eigenvalue weighted by atomic mass is 9.84. The topological polar surface area (TPSA) is 46.2 Å². The zero-order chi connectivity index (χ0) is 9.30. The van der Waals surface area contributed by atoms with Crippen molar-refractivity contribution in [2.24, 2.45) is 17.8 Å². The van der Waals surface area contributed by atoms with Crippen LogP contribution in [0.25, 0.3) is 0 Å². The highest BCUT2D eigenvalue weighted by molar-refractivity contribution is 6.03. The van der Waals surface area contributed by atoms with Crippen molar-refractivity contribution in [2.75, 3.05) is 0 Å². The Morgan fingerprint density at radius 3 is 2.25 bits per heavy atom. The monoisotopic (exact) mass is 169 g/mol. The molecule has 1 heterocycles. The minimum atomic E-state index is -0.127. The third-order valence-corrected chi connectivity index (χ3v) is 2.69. The highest BCUT2D eigenvalue weighted by atomic mass is 16.2. The number of hydrogen-bond acceptors (Lipinski definition) is 2. The Bertz CT molecular complexity index is 211. The van der Waals surface area contributed by atoms with Crippen LogP contribution >= 0.6 is 0 Å². The Balaban J connectivity index is 2.64. The average Bonchev–Trinajstić information content (AvgIpc) is 2.28. The van der Waals surface area contributed by atoms with Gasteiger partial charge in [0.1, 0.15) is 0 Å². The van der Waals surface area contributed by atoms with Gasteiger partial charge in [-0.3, -0.25) is 14.9 Å². The maximum absolute atomic E-state index is 11.2. The molecule has 0 saturated carbocycles. The van der Waals surface area contributed by atoms with Crippen LogP contribution in [0.4, 0.5) is 0 Å². The Kier molecular flexibility index (Phi) is 2.50. The van der Waals surface area contributed by atoms with Crippen molar-refractivity contribution >= 4 is 11.8 Å². The standard InChI is InChI=1S/C9H15NO2/c1-5(2)6(3)7-4-8(11)10-9(7)12/h5-7H,4H2,1-3H3,(H,10,11,12). The maximum Gasteiger partial charge on any atom is 0.230 e. The van der Waals surface area contributed by atoms with Crippen LogP contribution in [0.5, 0.6) is 0 Å². The molecule has 1 aliphatic heterocycles. The Hall–Kier alpha value is -0.860. The minimum Gasteiger partial charge on any atom is -0.296 e. The van der Waals surface area contributed by atoms with E-state index in [9.17, 15) is 9.59 Å². The first-order valence-corrected chi connectivity index (χ1v) is 4.36. The third kappa shape index (κ3) is 1.65. The van der Waals surface area contributed by atoms with Crippen LogP contribution in [0.3, 0.4) is 0 Å². The number of carbonyl (C=O) groups excluding carboxylic acids is 2. The van der Waals surface area contributed by atoms with Crippen LogP contribution in [0.1, 0.15) is 27.2 Å². The van der Waals surface area contributed by atoms with E-state index in [1.807, 2.05) is 6.92 Å². The number of amides is 2.